The predicted molar refractivity (Wildman–Crippen MR) is 78.0 cm³/mol. The van der Waals surface area contributed by atoms with Gasteiger partial charge in [0.15, 0.2) is 11.5 Å². The molecule has 1 aromatic carbocycles. The van der Waals surface area contributed by atoms with Crippen molar-refractivity contribution in [3.05, 3.63) is 22.7 Å². The van der Waals surface area contributed by atoms with E-state index in [4.69, 9.17) is 25.8 Å². The van der Waals surface area contributed by atoms with Crippen LogP contribution in [0.1, 0.15) is 23.7 Å². The minimum absolute atomic E-state index is 0.232. The van der Waals surface area contributed by atoms with E-state index in [1.54, 1.807) is 19.2 Å². The van der Waals surface area contributed by atoms with Gasteiger partial charge in [0.05, 0.1) is 25.3 Å². The molecule has 0 saturated carbocycles. The van der Waals surface area contributed by atoms with Crippen molar-refractivity contribution in [2.75, 3.05) is 34.0 Å². The number of methoxy groups -OCH3 is 2. The zero-order valence-corrected chi connectivity index (χ0v) is 12.8. The highest BCUT2D eigenvalue weighted by Gasteiger charge is 2.15. The maximum absolute atomic E-state index is 11.9. The number of halogens is 1. The molecule has 0 radical (unpaired) electrons. The standard InChI is InChI=1S/C14H20ClNO4/c1-4-6-20-13-11(15)8-10(9-12(13)19-3)14(17)16-5-7-18-2/h8-9H,4-7H2,1-3H3,(H,16,17). The molecular formula is C14H20ClNO4. The fraction of sp³-hybridized carbons (Fsp3) is 0.500. The van der Waals surface area contributed by atoms with Crippen molar-refractivity contribution < 1.29 is 19.0 Å². The van der Waals surface area contributed by atoms with Crippen molar-refractivity contribution >= 4 is 17.5 Å². The lowest BCUT2D eigenvalue weighted by Gasteiger charge is -2.13. The van der Waals surface area contributed by atoms with E-state index in [-0.39, 0.29) is 5.91 Å². The molecule has 1 N–H and O–H groups in total. The molecule has 0 aliphatic rings. The van der Waals surface area contributed by atoms with E-state index in [0.717, 1.165) is 6.42 Å². The van der Waals surface area contributed by atoms with Crippen LogP contribution in [0.5, 0.6) is 11.5 Å². The summed E-state index contributed by atoms with van der Waals surface area (Å²) in [6.45, 7) is 3.42. The van der Waals surface area contributed by atoms with Gasteiger partial charge in [-0.25, -0.2) is 0 Å². The molecule has 1 amide bonds. The molecule has 20 heavy (non-hydrogen) atoms. The van der Waals surface area contributed by atoms with Crippen molar-refractivity contribution in [2.45, 2.75) is 13.3 Å². The number of carbonyl (C=O) groups is 1. The number of hydrogen-bond donors (Lipinski definition) is 1. The summed E-state index contributed by atoms with van der Waals surface area (Å²) in [6, 6.07) is 3.18. The molecule has 0 unspecified atom stereocenters. The van der Waals surface area contributed by atoms with Gasteiger partial charge in [0.25, 0.3) is 5.91 Å². The number of carbonyl (C=O) groups excluding carboxylic acids is 1. The number of amides is 1. The van der Waals surface area contributed by atoms with Crippen molar-refractivity contribution in [2.24, 2.45) is 0 Å². The van der Waals surface area contributed by atoms with Crippen LogP contribution >= 0.6 is 11.6 Å². The van der Waals surface area contributed by atoms with Gasteiger partial charge in [-0.3, -0.25) is 4.79 Å². The van der Waals surface area contributed by atoms with Crippen LogP contribution in [-0.4, -0.2) is 39.9 Å². The van der Waals surface area contributed by atoms with Gasteiger partial charge in [-0.05, 0) is 18.6 Å². The summed E-state index contributed by atoms with van der Waals surface area (Å²) in [7, 11) is 3.09. The fourth-order valence-corrected chi connectivity index (χ4v) is 1.83. The Morgan fingerprint density at radius 2 is 2.05 bits per heavy atom. The molecule has 0 aromatic heterocycles. The Kier molecular flexibility index (Phi) is 7.18. The molecule has 5 nitrogen and oxygen atoms in total. The molecule has 0 heterocycles. The first kappa shape index (κ1) is 16.6. The van der Waals surface area contributed by atoms with Gasteiger partial charge < -0.3 is 19.5 Å². The molecule has 112 valence electrons. The largest absolute Gasteiger partial charge is 0.493 e. The van der Waals surface area contributed by atoms with Crippen LogP contribution < -0.4 is 14.8 Å². The van der Waals surface area contributed by atoms with Crippen molar-refractivity contribution in [3.8, 4) is 11.5 Å². The van der Waals surface area contributed by atoms with Gasteiger partial charge in [0.1, 0.15) is 0 Å². The Morgan fingerprint density at radius 3 is 2.65 bits per heavy atom. The Morgan fingerprint density at radius 1 is 1.30 bits per heavy atom. The van der Waals surface area contributed by atoms with Gasteiger partial charge in [0.2, 0.25) is 0 Å². The number of benzene rings is 1. The smallest absolute Gasteiger partial charge is 0.251 e. The number of ether oxygens (including phenoxy) is 3. The minimum Gasteiger partial charge on any atom is -0.493 e. The van der Waals surface area contributed by atoms with Crippen LogP contribution in [0.3, 0.4) is 0 Å². The van der Waals surface area contributed by atoms with Gasteiger partial charge in [-0.1, -0.05) is 18.5 Å². The molecule has 1 aromatic rings. The third-order valence-corrected chi connectivity index (χ3v) is 2.81. The van der Waals surface area contributed by atoms with E-state index in [2.05, 4.69) is 5.32 Å². The monoisotopic (exact) mass is 301 g/mol. The SMILES string of the molecule is CCCOc1c(Cl)cc(C(=O)NCCOC)cc1OC. The van der Waals surface area contributed by atoms with E-state index in [9.17, 15) is 4.79 Å². The summed E-state index contributed by atoms with van der Waals surface area (Å²) in [4.78, 5) is 11.9. The molecule has 0 bridgehead atoms. The molecule has 0 spiro atoms. The fourth-order valence-electron chi connectivity index (χ4n) is 1.56. The summed E-state index contributed by atoms with van der Waals surface area (Å²) in [5.74, 6) is 0.677. The third kappa shape index (κ3) is 4.58. The second kappa shape index (κ2) is 8.66. The third-order valence-electron chi connectivity index (χ3n) is 2.53. The topological polar surface area (TPSA) is 56.8 Å². The zero-order valence-electron chi connectivity index (χ0n) is 12.0. The lowest BCUT2D eigenvalue weighted by Crippen LogP contribution is -2.27. The van der Waals surface area contributed by atoms with Crippen molar-refractivity contribution in [1.82, 2.24) is 5.32 Å². The minimum atomic E-state index is -0.232. The van der Waals surface area contributed by atoms with Crippen molar-refractivity contribution in [3.63, 3.8) is 0 Å². The van der Waals surface area contributed by atoms with E-state index in [1.165, 1.54) is 7.11 Å². The second-order valence-electron chi connectivity index (χ2n) is 4.09. The Bertz CT molecular complexity index is 451. The lowest BCUT2D eigenvalue weighted by atomic mass is 10.2. The Labute approximate surface area is 124 Å². The molecule has 0 aliphatic carbocycles. The summed E-state index contributed by atoms with van der Waals surface area (Å²) in [5.41, 5.74) is 0.423. The zero-order chi connectivity index (χ0) is 15.0. The number of hydrogen-bond acceptors (Lipinski definition) is 4. The van der Waals surface area contributed by atoms with Crippen LogP contribution in [0, 0.1) is 0 Å². The van der Waals surface area contributed by atoms with E-state index in [0.29, 0.717) is 41.8 Å². The maximum Gasteiger partial charge on any atom is 0.251 e. The van der Waals surface area contributed by atoms with Crippen molar-refractivity contribution in [1.29, 1.82) is 0 Å². The summed E-state index contributed by atoms with van der Waals surface area (Å²) < 4.78 is 15.6. The van der Waals surface area contributed by atoms with Gasteiger partial charge in [-0.2, -0.15) is 0 Å². The number of rotatable bonds is 8. The van der Waals surface area contributed by atoms with Gasteiger partial charge in [0, 0.05) is 19.2 Å². The molecular weight excluding hydrogens is 282 g/mol. The first-order chi connectivity index (χ1) is 9.63. The molecule has 1 rings (SSSR count). The first-order valence-corrected chi connectivity index (χ1v) is 6.79. The van der Waals surface area contributed by atoms with Gasteiger partial charge >= 0.3 is 0 Å². The van der Waals surface area contributed by atoms with Crippen LogP contribution in [0.2, 0.25) is 5.02 Å². The summed E-state index contributed by atoms with van der Waals surface area (Å²) in [6.07, 6.45) is 0.860. The quantitative estimate of drug-likeness (QED) is 0.750. The highest BCUT2D eigenvalue weighted by molar-refractivity contribution is 6.32. The van der Waals surface area contributed by atoms with Crippen LogP contribution in [0.15, 0.2) is 12.1 Å². The number of nitrogens with one attached hydrogen (secondary N) is 1. The molecule has 0 fully saturated rings. The van der Waals surface area contributed by atoms with Crippen LogP contribution in [0.25, 0.3) is 0 Å². The lowest BCUT2D eigenvalue weighted by molar-refractivity contribution is 0.0936. The highest BCUT2D eigenvalue weighted by Crippen LogP contribution is 2.36. The Balaban J connectivity index is 2.89. The molecule has 0 saturated heterocycles. The van der Waals surface area contributed by atoms with Crippen LogP contribution in [-0.2, 0) is 4.74 Å². The van der Waals surface area contributed by atoms with E-state index in [1.807, 2.05) is 6.92 Å². The average Bonchev–Trinajstić information content (AvgIpc) is 2.45. The predicted octanol–water partition coefficient (Wildman–Crippen LogP) is 2.51. The summed E-state index contributed by atoms with van der Waals surface area (Å²) >= 11 is 6.14. The highest BCUT2D eigenvalue weighted by atomic mass is 35.5. The van der Waals surface area contributed by atoms with E-state index >= 15 is 0 Å². The first-order valence-electron chi connectivity index (χ1n) is 6.41. The van der Waals surface area contributed by atoms with Crippen LogP contribution in [0.4, 0.5) is 0 Å². The van der Waals surface area contributed by atoms with Gasteiger partial charge in [-0.15, -0.1) is 0 Å². The van der Waals surface area contributed by atoms with E-state index < -0.39 is 0 Å². The summed E-state index contributed by atoms with van der Waals surface area (Å²) in [5, 5.41) is 3.08. The second-order valence-corrected chi connectivity index (χ2v) is 4.49. The Hall–Kier alpha value is -1.46. The molecule has 6 heteroatoms. The molecule has 0 aliphatic heterocycles. The average molecular weight is 302 g/mol. The normalized spacial score (nSPS) is 10.2. The maximum atomic E-state index is 11.9. The molecule has 0 atom stereocenters.